The van der Waals surface area contributed by atoms with Crippen LogP contribution in [0.5, 0.6) is 0 Å². The van der Waals surface area contributed by atoms with Gasteiger partial charge in [0.1, 0.15) is 0 Å². The molecule has 1 saturated carbocycles. The van der Waals surface area contributed by atoms with Gasteiger partial charge < -0.3 is 11.1 Å². The van der Waals surface area contributed by atoms with Crippen molar-refractivity contribution in [2.45, 2.75) is 71.4 Å². The maximum Gasteiger partial charge on any atom is 0.237 e. The average molecular weight is 240 g/mol. The first-order valence-corrected chi connectivity index (χ1v) is 7.12. The van der Waals surface area contributed by atoms with Crippen LogP contribution in [0.25, 0.3) is 0 Å². The van der Waals surface area contributed by atoms with Crippen LogP contribution in [0, 0.1) is 11.8 Å². The maximum absolute atomic E-state index is 12.0. The second kappa shape index (κ2) is 7.00. The Kier molecular flexibility index (Phi) is 5.96. The second-order valence-corrected chi connectivity index (χ2v) is 5.64. The zero-order chi connectivity index (χ0) is 12.8. The fourth-order valence-electron chi connectivity index (χ4n) is 2.50. The molecule has 0 aromatic carbocycles. The number of hydrogen-bond donors (Lipinski definition) is 2. The van der Waals surface area contributed by atoms with Crippen molar-refractivity contribution >= 4 is 5.91 Å². The van der Waals surface area contributed by atoms with Gasteiger partial charge in [-0.15, -0.1) is 0 Å². The Bertz CT molecular complexity index is 242. The molecule has 100 valence electrons. The van der Waals surface area contributed by atoms with Gasteiger partial charge in [-0.1, -0.05) is 46.5 Å². The first-order chi connectivity index (χ1) is 8.06. The number of carbonyl (C=O) groups is 1. The molecule has 4 atom stereocenters. The summed E-state index contributed by atoms with van der Waals surface area (Å²) in [7, 11) is 0. The SMILES string of the molecule is CC[C@H](C)[C@H](N)C(=O)NC1CCCCCC1C. The van der Waals surface area contributed by atoms with Gasteiger partial charge in [0.2, 0.25) is 5.91 Å². The summed E-state index contributed by atoms with van der Waals surface area (Å²) in [5.41, 5.74) is 5.96. The standard InChI is InChI=1S/C14H28N2O/c1-4-10(2)13(15)14(17)16-12-9-7-5-6-8-11(12)3/h10-13H,4-9,15H2,1-3H3,(H,16,17)/t10-,11?,12?,13-/m0/s1. The molecule has 0 aromatic rings. The van der Waals surface area contributed by atoms with E-state index in [1.165, 1.54) is 25.7 Å². The summed E-state index contributed by atoms with van der Waals surface area (Å²) in [6.45, 7) is 6.36. The minimum Gasteiger partial charge on any atom is -0.352 e. The van der Waals surface area contributed by atoms with E-state index in [4.69, 9.17) is 5.73 Å². The zero-order valence-electron chi connectivity index (χ0n) is 11.5. The minimum absolute atomic E-state index is 0.0399. The molecule has 0 heterocycles. The van der Waals surface area contributed by atoms with E-state index in [1.807, 2.05) is 6.92 Å². The van der Waals surface area contributed by atoms with Crippen LogP contribution in [0.3, 0.4) is 0 Å². The molecule has 0 bridgehead atoms. The van der Waals surface area contributed by atoms with Crippen molar-refractivity contribution in [2.75, 3.05) is 0 Å². The lowest BCUT2D eigenvalue weighted by Crippen LogP contribution is -2.49. The Morgan fingerprint density at radius 3 is 2.65 bits per heavy atom. The third kappa shape index (κ3) is 4.30. The molecule has 1 amide bonds. The highest BCUT2D eigenvalue weighted by Crippen LogP contribution is 2.23. The molecule has 1 aliphatic rings. The van der Waals surface area contributed by atoms with Crippen LogP contribution in [0.2, 0.25) is 0 Å². The number of rotatable bonds is 4. The predicted molar refractivity (Wildman–Crippen MR) is 71.6 cm³/mol. The summed E-state index contributed by atoms with van der Waals surface area (Å²) >= 11 is 0. The van der Waals surface area contributed by atoms with E-state index in [0.29, 0.717) is 12.0 Å². The van der Waals surface area contributed by atoms with Gasteiger partial charge in [-0.05, 0) is 24.7 Å². The lowest BCUT2D eigenvalue weighted by atomic mass is 9.95. The van der Waals surface area contributed by atoms with Gasteiger partial charge in [0.15, 0.2) is 0 Å². The molecule has 3 heteroatoms. The van der Waals surface area contributed by atoms with E-state index in [9.17, 15) is 4.79 Å². The van der Waals surface area contributed by atoms with E-state index in [0.717, 1.165) is 12.8 Å². The topological polar surface area (TPSA) is 55.1 Å². The quantitative estimate of drug-likeness (QED) is 0.742. The summed E-state index contributed by atoms with van der Waals surface area (Å²) < 4.78 is 0. The van der Waals surface area contributed by atoms with Gasteiger partial charge >= 0.3 is 0 Å². The number of carbonyl (C=O) groups excluding carboxylic acids is 1. The van der Waals surface area contributed by atoms with Crippen LogP contribution < -0.4 is 11.1 Å². The van der Waals surface area contributed by atoms with E-state index < -0.39 is 0 Å². The second-order valence-electron chi connectivity index (χ2n) is 5.64. The van der Waals surface area contributed by atoms with Gasteiger partial charge in [0.05, 0.1) is 6.04 Å². The van der Waals surface area contributed by atoms with Crippen molar-refractivity contribution in [3.05, 3.63) is 0 Å². The maximum atomic E-state index is 12.0. The van der Waals surface area contributed by atoms with E-state index in [-0.39, 0.29) is 17.9 Å². The molecule has 2 unspecified atom stereocenters. The lowest BCUT2D eigenvalue weighted by molar-refractivity contribution is -0.124. The van der Waals surface area contributed by atoms with Gasteiger partial charge in [0.25, 0.3) is 0 Å². The summed E-state index contributed by atoms with van der Waals surface area (Å²) in [5, 5.41) is 3.16. The molecule has 0 radical (unpaired) electrons. The number of nitrogens with one attached hydrogen (secondary N) is 1. The Morgan fingerprint density at radius 2 is 2.00 bits per heavy atom. The van der Waals surface area contributed by atoms with Crippen LogP contribution in [0.4, 0.5) is 0 Å². The van der Waals surface area contributed by atoms with Crippen molar-refractivity contribution in [1.82, 2.24) is 5.32 Å². The number of hydrogen-bond acceptors (Lipinski definition) is 2. The highest BCUT2D eigenvalue weighted by molar-refractivity contribution is 5.82. The fourth-order valence-corrected chi connectivity index (χ4v) is 2.50. The monoisotopic (exact) mass is 240 g/mol. The number of amides is 1. The van der Waals surface area contributed by atoms with Crippen molar-refractivity contribution in [1.29, 1.82) is 0 Å². The summed E-state index contributed by atoms with van der Waals surface area (Å²) in [5.74, 6) is 0.889. The normalized spacial score (nSPS) is 29.2. The fraction of sp³-hybridized carbons (Fsp3) is 0.929. The molecule has 1 rings (SSSR count). The molecule has 1 fully saturated rings. The Labute approximate surface area is 106 Å². The smallest absolute Gasteiger partial charge is 0.237 e. The van der Waals surface area contributed by atoms with Crippen LogP contribution in [0.15, 0.2) is 0 Å². The average Bonchev–Trinajstić information content (AvgIpc) is 2.53. The summed E-state index contributed by atoms with van der Waals surface area (Å²) in [6, 6.07) is -0.0180. The predicted octanol–water partition coefficient (Wildman–Crippen LogP) is 2.44. The Balaban J connectivity index is 2.48. The Hall–Kier alpha value is -0.570. The molecule has 3 N–H and O–H groups in total. The highest BCUT2D eigenvalue weighted by atomic mass is 16.2. The molecule has 0 saturated heterocycles. The first-order valence-electron chi connectivity index (χ1n) is 7.12. The molecule has 3 nitrogen and oxygen atoms in total. The summed E-state index contributed by atoms with van der Waals surface area (Å²) in [4.78, 5) is 12.0. The molecule has 1 aliphatic carbocycles. The third-order valence-electron chi connectivity index (χ3n) is 4.25. The zero-order valence-corrected chi connectivity index (χ0v) is 11.5. The Morgan fingerprint density at radius 1 is 1.35 bits per heavy atom. The van der Waals surface area contributed by atoms with Crippen LogP contribution in [-0.4, -0.2) is 18.0 Å². The minimum atomic E-state index is -0.351. The lowest BCUT2D eigenvalue weighted by Gasteiger charge is -2.26. The largest absolute Gasteiger partial charge is 0.352 e. The molecule has 0 aromatic heterocycles. The molecular weight excluding hydrogens is 212 g/mol. The molecule has 0 spiro atoms. The first kappa shape index (κ1) is 14.5. The van der Waals surface area contributed by atoms with E-state index >= 15 is 0 Å². The van der Waals surface area contributed by atoms with E-state index in [1.54, 1.807) is 0 Å². The van der Waals surface area contributed by atoms with Gasteiger partial charge in [-0.25, -0.2) is 0 Å². The van der Waals surface area contributed by atoms with Gasteiger partial charge in [-0.3, -0.25) is 4.79 Å². The van der Waals surface area contributed by atoms with Gasteiger partial charge in [0, 0.05) is 6.04 Å². The number of nitrogens with two attached hydrogens (primary N) is 1. The molecular formula is C14H28N2O. The van der Waals surface area contributed by atoms with Crippen molar-refractivity contribution in [3.63, 3.8) is 0 Å². The van der Waals surface area contributed by atoms with E-state index in [2.05, 4.69) is 19.2 Å². The summed E-state index contributed by atoms with van der Waals surface area (Å²) in [6.07, 6.45) is 7.12. The van der Waals surface area contributed by atoms with Crippen molar-refractivity contribution < 1.29 is 4.79 Å². The van der Waals surface area contributed by atoms with Crippen LogP contribution >= 0.6 is 0 Å². The molecule has 0 aliphatic heterocycles. The van der Waals surface area contributed by atoms with Crippen molar-refractivity contribution in [2.24, 2.45) is 17.6 Å². The highest BCUT2D eigenvalue weighted by Gasteiger charge is 2.25. The molecule has 17 heavy (non-hydrogen) atoms. The third-order valence-corrected chi connectivity index (χ3v) is 4.25. The van der Waals surface area contributed by atoms with Crippen molar-refractivity contribution in [3.8, 4) is 0 Å². The van der Waals surface area contributed by atoms with Crippen LogP contribution in [-0.2, 0) is 4.79 Å². The van der Waals surface area contributed by atoms with Crippen LogP contribution in [0.1, 0.15) is 59.3 Å². The van der Waals surface area contributed by atoms with Gasteiger partial charge in [-0.2, -0.15) is 0 Å².